The number of imidazole rings is 1. The van der Waals surface area contributed by atoms with Crippen LogP contribution in [0.25, 0.3) is 0 Å². The number of likely N-dealkylation sites (tertiary alicyclic amines) is 1. The Bertz CT molecular complexity index is 694. The van der Waals surface area contributed by atoms with Crippen molar-refractivity contribution < 1.29 is 13.9 Å². The number of carbonyl (C=O) groups is 1. The minimum Gasteiger partial charge on any atom is -0.456 e. The van der Waals surface area contributed by atoms with Crippen LogP contribution in [0.3, 0.4) is 0 Å². The van der Waals surface area contributed by atoms with Crippen molar-refractivity contribution in [2.24, 2.45) is 0 Å². The van der Waals surface area contributed by atoms with Crippen LogP contribution < -0.4 is 0 Å². The molecule has 23 heavy (non-hydrogen) atoms. The molecule has 2 atom stereocenters. The molecule has 4 heterocycles. The van der Waals surface area contributed by atoms with E-state index >= 15 is 0 Å². The van der Waals surface area contributed by atoms with Gasteiger partial charge in [-0.15, -0.1) is 0 Å². The van der Waals surface area contributed by atoms with Crippen LogP contribution in [0.2, 0.25) is 0 Å². The maximum atomic E-state index is 12.6. The molecule has 1 spiro atoms. The number of nitrogens with zero attached hydrogens (tertiary/aromatic N) is 3. The molecule has 0 aliphatic carbocycles. The Morgan fingerprint density at radius 1 is 1.43 bits per heavy atom. The molecule has 2 fully saturated rings. The lowest BCUT2D eigenvalue weighted by Gasteiger charge is -2.39. The van der Waals surface area contributed by atoms with Crippen LogP contribution in [0.15, 0.2) is 35.3 Å². The first kappa shape index (κ1) is 14.5. The van der Waals surface area contributed by atoms with Crippen molar-refractivity contribution in [3.05, 3.63) is 42.4 Å². The molecule has 2 aromatic rings. The Labute approximate surface area is 135 Å². The predicted molar refractivity (Wildman–Crippen MR) is 83.1 cm³/mol. The minimum atomic E-state index is -0.232. The Balaban J connectivity index is 1.48. The van der Waals surface area contributed by atoms with E-state index in [9.17, 15) is 4.79 Å². The van der Waals surface area contributed by atoms with E-state index in [1.807, 2.05) is 30.4 Å². The molecule has 1 amide bonds. The predicted octanol–water partition coefficient (Wildman–Crippen LogP) is 2.42. The van der Waals surface area contributed by atoms with Gasteiger partial charge in [0.1, 0.15) is 5.76 Å². The summed E-state index contributed by atoms with van der Waals surface area (Å²) in [7, 11) is 0. The number of ether oxygens (including phenoxy) is 1. The van der Waals surface area contributed by atoms with Gasteiger partial charge in [0, 0.05) is 25.4 Å². The fraction of sp³-hybridized carbons (Fsp3) is 0.529. The molecule has 2 saturated heterocycles. The maximum Gasteiger partial charge on any atom is 0.289 e. The van der Waals surface area contributed by atoms with Gasteiger partial charge in [-0.05, 0) is 31.9 Å². The fourth-order valence-corrected chi connectivity index (χ4v) is 3.76. The first-order valence-corrected chi connectivity index (χ1v) is 8.12. The molecule has 122 valence electrons. The zero-order valence-corrected chi connectivity index (χ0v) is 13.3. The van der Waals surface area contributed by atoms with Crippen molar-refractivity contribution in [3.8, 4) is 0 Å². The van der Waals surface area contributed by atoms with Gasteiger partial charge in [-0.3, -0.25) is 4.79 Å². The highest BCUT2D eigenvalue weighted by Gasteiger charge is 2.45. The number of piperidine rings is 1. The molecule has 0 N–H and O–H groups in total. The van der Waals surface area contributed by atoms with Crippen LogP contribution in [-0.4, -0.2) is 45.7 Å². The fourth-order valence-electron chi connectivity index (χ4n) is 3.76. The molecule has 0 saturated carbocycles. The van der Waals surface area contributed by atoms with Gasteiger partial charge in [-0.2, -0.15) is 0 Å². The lowest BCUT2D eigenvalue weighted by molar-refractivity contribution is -0.0454. The van der Waals surface area contributed by atoms with E-state index in [0.717, 1.165) is 31.6 Å². The molecule has 4 rings (SSSR count). The smallest absolute Gasteiger partial charge is 0.289 e. The van der Waals surface area contributed by atoms with Gasteiger partial charge >= 0.3 is 0 Å². The Kier molecular flexibility index (Phi) is 3.49. The lowest BCUT2D eigenvalue weighted by Crippen LogP contribution is -2.50. The van der Waals surface area contributed by atoms with Gasteiger partial charge in [-0.1, -0.05) is 0 Å². The van der Waals surface area contributed by atoms with E-state index in [0.29, 0.717) is 25.0 Å². The van der Waals surface area contributed by atoms with Crippen LogP contribution in [0.1, 0.15) is 41.6 Å². The highest BCUT2D eigenvalue weighted by Crippen LogP contribution is 2.39. The third kappa shape index (κ3) is 2.67. The average molecular weight is 315 g/mol. The van der Waals surface area contributed by atoms with Crippen molar-refractivity contribution in [1.82, 2.24) is 14.5 Å². The van der Waals surface area contributed by atoms with Crippen LogP contribution in [0.4, 0.5) is 0 Å². The summed E-state index contributed by atoms with van der Waals surface area (Å²) in [6.07, 6.45) is 8.49. The first-order chi connectivity index (χ1) is 11.2. The molecule has 0 unspecified atom stereocenters. The van der Waals surface area contributed by atoms with Crippen molar-refractivity contribution in [2.45, 2.75) is 37.8 Å². The Morgan fingerprint density at radius 2 is 2.35 bits per heavy atom. The molecule has 0 bridgehead atoms. The van der Waals surface area contributed by atoms with Gasteiger partial charge in [0.25, 0.3) is 5.91 Å². The van der Waals surface area contributed by atoms with Crippen LogP contribution in [0, 0.1) is 6.92 Å². The highest BCUT2D eigenvalue weighted by molar-refractivity contribution is 5.91. The summed E-state index contributed by atoms with van der Waals surface area (Å²) >= 11 is 0. The molecule has 2 aliphatic heterocycles. The Hall–Kier alpha value is -2.08. The average Bonchev–Trinajstić information content (AvgIpc) is 3.28. The summed E-state index contributed by atoms with van der Waals surface area (Å²) in [5.41, 5.74) is -0.232. The van der Waals surface area contributed by atoms with E-state index in [4.69, 9.17) is 9.15 Å². The summed E-state index contributed by atoms with van der Waals surface area (Å²) in [6, 6.07) is 3.88. The lowest BCUT2D eigenvalue weighted by atomic mass is 9.88. The van der Waals surface area contributed by atoms with E-state index < -0.39 is 0 Å². The summed E-state index contributed by atoms with van der Waals surface area (Å²) < 4.78 is 13.8. The number of aryl methyl sites for hydroxylation is 1. The molecule has 2 aromatic heterocycles. The second kappa shape index (κ2) is 5.53. The summed E-state index contributed by atoms with van der Waals surface area (Å²) in [6.45, 7) is 3.93. The number of rotatable bonds is 2. The quantitative estimate of drug-likeness (QED) is 0.854. The monoisotopic (exact) mass is 315 g/mol. The summed E-state index contributed by atoms with van der Waals surface area (Å²) in [5.74, 6) is 1.15. The molecule has 6 nitrogen and oxygen atoms in total. The van der Waals surface area contributed by atoms with E-state index in [1.54, 1.807) is 12.3 Å². The van der Waals surface area contributed by atoms with Crippen molar-refractivity contribution in [2.75, 3.05) is 19.7 Å². The molecule has 2 aliphatic rings. The zero-order valence-electron chi connectivity index (χ0n) is 13.3. The molecular weight excluding hydrogens is 294 g/mol. The number of amides is 1. The standard InChI is InChI=1S/C17H21N3O3/c1-13-3-4-15(23-13)16(21)19-7-2-5-17(11-19)9-14(10-22-17)20-8-6-18-12-20/h3-4,6,8,12,14H,2,5,7,9-11H2,1H3/t14-,17+/m0/s1. The zero-order chi connectivity index (χ0) is 15.9. The van der Waals surface area contributed by atoms with Crippen molar-refractivity contribution >= 4 is 5.91 Å². The van der Waals surface area contributed by atoms with Gasteiger partial charge in [0.05, 0.1) is 31.1 Å². The number of aromatic nitrogens is 2. The summed E-state index contributed by atoms with van der Waals surface area (Å²) in [5, 5.41) is 0. The number of carbonyl (C=O) groups excluding carboxylic acids is 1. The second-order valence-corrected chi connectivity index (χ2v) is 6.60. The highest BCUT2D eigenvalue weighted by atomic mass is 16.5. The normalized spacial score (nSPS) is 27.7. The Morgan fingerprint density at radius 3 is 3.09 bits per heavy atom. The SMILES string of the molecule is Cc1ccc(C(=O)N2CCC[C@@]3(C[C@H](n4ccnc4)CO3)C2)o1. The molecule has 6 heteroatoms. The molecule has 0 aromatic carbocycles. The topological polar surface area (TPSA) is 60.5 Å². The minimum absolute atomic E-state index is 0.0353. The number of hydrogen-bond acceptors (Lipinski definition) is 4. The summed E-state index contributed by atoms with van der Waals surface area (Å²) in [4.78, 5) is 18.6. The van der Waals surface area contributed by atoms with E-state index in [1.165, 1.54) is 0 Å². The second-order valence-electron chi connectivity index (χ2n) is 6.60. The molecule has 0 radical (unpaired) electrons. The van der Waals surface area contributed by atoms with Crippen LogP contribution in [0.5, 0.6) is 0 Å². The third-order valence-electron chi connectivity index (χ3n) is 4.91. The van der Waals surface area contributed by atoms with Crippen LogP contribution >= 0.6 is 0 Å². The number of furan rings is 1. The van der Waals surface area contributed by atoms with Gasteiger partial charge in [0.2, 0.25) is 0 Å². The van der Waals surface area contributed by atoms with Crippen LogP contribution in [-0.2, 0) is 4.74 Å². The maximum absolute atomic E-state index is 12.6. The van der Waals surface area contributed by atoms with Crippen molar-refractivity contribution in [1.29, 1.82) is 0 Å². The third-order valence-corrected chi connectivity index (χ3v) is 4.91. The van der Waals surface area contributed by atoms with E-state index in [2.05, 4.69) is 9.55 Å². The van der Waals surface area contributed by atoms with Crippen molar-refractivity contribution in [3.63, 3.8) is 0 Å². The molecular formula is C17H21N3O3. The largest absolute Gasteiger partial charge is 0.456 e. The van der Waals surface area contributed by atoms with Gasteiger partial charge in [0.15, 0.2) is 5.76 Å². The first-order valence-electron chi connectivity index (χ1n) is 8.12. The number of hydrogen-bond donors (Lipinski definition) is 0. The van der Waals surface area contributed by atoms with Gasteiger partial charge in [-0.25, -0.2) is 4.98 Å². The van der Waals surface area contributed by atoms with E-state index in [-0.39, 0.29) is 11.5 Å². The van der Waals surface area contributed by atoms with Gasteiger partial charge < -0.3 is 18.6 Å².